The van der Waals surface area contributed by atoms with E-state index in [1.54, 1.807) is 0 Å². The molecular formula is C14H23N3. The quantitative estimate of drug-likeness (QED) is 0.862. The van der Waals surface area contributed by atoms with Crippen molar-refractivity contribution in [2.24, 2.45) is 5.73 Å². The molecule has 3 heteroatoms. The van der Waals surface area contributed by atoms with Gasteiger partial charge in [0.25, 0.3) is 0 Å². The zero-order valence-electron chi connectivity index (χ0n) is 10.9. The molecule has 94 valence electrons. The third-order valence-corrected chi connectivity index (χ3v) is 3.40. The minimum Gasteiger partial charge on any atom is -0.378 e. The van der Waals surface area contributed by atoms with Crippen LogP contribution in [0.2, 0.25) is 0 Å². The molecule has 1 fully saturated rings. The molecular weight excluding hydrogens is 210 g/mol. The minimum absolute atomic E-state index is 0.366. The highest BCUT2D eigenvalue weighted by molar-refractivity contribution is 5.45. The maximum absolute atomic E-state index is 5.99. The molecule has 2 rings (SSSR count). The maximum atomic E-state index is 5.99. The minimum atomic E-state index is 0.366. The molecule has 0 bridgehead atoms. The van der Waals surface area contributed by atoms with Gasteiger partial charge in [0, 0.05) is 38.9 Å². The number of nitrogens with zero attached hydrogens (tertiary/aromatic N) is 2. The fraction of sp³-hybridized carbons (Fsp3) is 0.571. The molecule has 1 heterocycles. The molecule has 0 radical (unpaired) electrons. The van der Waals surface area contributed by atoms with Gasteiger partial charge in [-0.15, -0.1) is 0 Å². The van der Waals surface area contributed by atoms with Crippen LogP contribution in [-0.2, 0) is 6.54 Å². The number of rotatable bonds is 3. The van der Waals surface area contributed by atoms with E-state index in [0.717, 1.165) is 13.1 Å². The molecule has 0 aliphatic carbocycles. The third-order valence-electron chi connectivity index (χ3n) is 3.40. The Balaban J connectivity index is 1.94. The van der Waals surface area contributed by atoms with Crippen molar-refractivity contribution in [2.45, 2.75) is 25.4 Å². The van der Waals surface area contributed by atoms with Crippen molar-refractivity contribution in [2.75, 3.05) is 32.1 Å². The summed E-state index contributed by atoms with van der Waals surface area (Å²) in [6, 6.07) is 9.16. The monoisotopic (exact) mass is 233 g/mol. The van der Waals surface area contributed by atoms with Crippen LogP contribution < -0.4 is 10.6 Å². The summed E-state index contributed by atoms with van der Waals surface area (Å²) < 4.78 is 0. The Bertz CT molecular complexity index is 345. The van der Waals surface area contributed by atoms with Gasteiger partial charge in [-0.25, -0.2) is 0 Å². The van der Waals surface area contributed by atoms with E-state index in [9.17, 15) is 0 Å². The largest absolute Gasteiger partial charge is 0.378 e. The predicted octanol–water partition coefficient (Wildman–Crippen LogP) is 1.68. The van der Waals surface area contributed by atoms with Gasteiger partial charge >= 0.3 is 0 Å². The van der Waals surface area contributed by atoms with Crippen LogP contribution in [0, 0.1) is 0 Å². The summed E-state index contributed by atoms with van der Waals surface area (Å²) in [6.07, 6.45) is 2.41. The van der Waals surface area contributed by atoms with Crippen LogP contribution in [0.25, 0.3) is 0 Å². The van der Waals surface area contributed by atoms with E-state index in [2.05, 4.69) is 48.2 Å². The van der Waals surface area contributed by atoms with Gasteiger partial charge in [0.05, 0.1) is 0 Å². The van der Waals surface area contributed by atoms with Crippen molar-refractivity contribution < 1.29 is 0 Å². The van der Waals surface area contributed by atoms with E-state index in [-0.39, 0.29) is 0 Å². The van der Waals surface area contributed by atoms with Crippen LogP contribution >= 0.6 is 0 Å². The molecule has 0 spiro atoms. The van der Waals surface area contributed by atoms with Gasteiger partial charge in [0.2, 0.25) is 0 Å². The highest BCUT2D eigenvalue weighted by Gasteiger charge is 2.16. The molecule has 0 unspecified atom stereocenters. The summed E-state index contributed by atoms with van der Waals surface area (Å²) in [4.78, 5) is 4.58. The third kappa shape index (κ3) is 3.45. The fourth-order valence-corrected chi connectivity index (χ4v) is 2.39. The van der Waals surface area contributed by atoms with Gasteiger partial charge in [0.15, 0.2) is 0 Å². The van der Waals surface area contributed by atoms with Gasteiger partial charge in [-0.05, 0) is 37.1 Å². The Kier molecular flexibility index (Phi) is 4.02. The van der Waals surface area contributed by atoms with E-state index in [4.69, 9.17) is 5.73 Å². The number of benzene rings is 1. The van der Waals surface area contributed by atoms with E-state index in [0.29, 0.717) is 6.04 Å². The van der Waals surface area contributed by atoms with Crippen molar-refractivity contribution in [3.8, 4) is 0 Å². The summed E-state index contributed by atoms with van der Waals surface area (Å²) in [6.45, 7) is 3.25. The molecule has 0 aromatic heterocycles. The Morgan fingerprint density at radius 1 is 1.29 bits per heavy atom. The van der Waals surface area contributed by atoms with Crippen molar-refractivity contribution in [1.82, 2.24) is 4.90 Å². The van der Waals surface area contributed by atoms with E-state index in [1.807, 2.05) is 0 Å². The summed E-state index contributed by atoms with van der Waals surface area (Å²) in [7, 11) is 4.14. The topological polar surface area (TPSA) is 32.5 Å². The zero-order valence-corrected chi connectivity index (χ0v) is 10.9. The highest BCUT2D eigenvalue weighted by Crippen LogP contribution is 2.16. The van der Waals surface area contributed by atoms with Crippen LogP contribution in [0.15, 0.2) is 24.3 Å². The van der Waals surface area contributed by atoms with Crippen molar-refractivity contribution in [3.63, 3.8) is 0 Å². The van der Waals surface area contributed by atoms with Gasteiger partial charge in [0.1, 0.15) is 0 Å². The first kappa shape index (κ1) is 12.4. The van der Waals surface area contributed by atoms with Gasteiger partial charge in [-0.1, -0.05) is 12.1 Å². The molecule has 0 amide bonds. The number of anilines is 1. The predicted molar refractivity (Wildman–Crippen MR) is 73.3 cm³/mol. The summed E-state index contributed by atoms with van der Waals surface area (Å²) in [5.74, 6) is 0. The Labute approximate surface area is 104 Å². The second-order valence-electron chi connectivity index (χ2n) is 5.20. The average Bonchev–Trinajstić information content (AvgIpc) is 2.29. The van der Waals surface area contributed by atoms with Crippen molar-refractivity contribution in [1.29, 1.82) is 0 Å². The maximum Gasteiger partial charge on any atom is 0.0361 e. The molecule has 2 N–H and O–H groups in total. The molecule has 0 saturated carbocycles. The first-order valence-electron chi connectivity index (χ1n) is 6.39. The first-order valence-corrected chi connectivity index (χ1v) is 6.39. The van der Waals surface area contributed by atoms with Crippen molar-refractivity contribution >= 4 is 5.69 Å². The Hall–Kier alpha value is -1.06. The van der Waals surface area contributed by atoms with Crippen LogP contribution in [0.1, 0.15) is 18.4 Å². The number of hydrogen-bond donors (Lipinski definition) is 1. The normalized spacial score (nSPS) is 21.5. The zero-order chi connectivity index (χ0) is 12.3. The van der Waals surface area contributed by atoms with E-state index >= 15 is 0 Å². The fourth-order valence-electron chi connectivity index (χ4n) is 2.39. The standard InChI is InChI=1S/C14H23N3/c1-16(2)14-7-5-12(6-8-14)10-17-9-3-4-13(15)11-17/h5-8,13H,3-4,9-11,15H2,1-2H3/t13-/m0/s1. The smallest absolute Gasteiger partial charge is 0.0361 e. The number of piperidine rings is 1. The van der Waals surface area contributed by atoms with Crippen LogP contribution in [0.3, 0.4) is 0 Å². The lowest BCUT2D eigenvalue weighted by Crippen LogP contribution is -2.42. The highest BCUT2D eigenvalue weighted by atomic mass is 15.1. The van der Waals surface area contributed by atoms with Gasteiger partial charge < -0.3 is 10.6 Å². The Morgan fingerprint density at radius 2 is 2.00 bits per heavy atom. The SMILES string of the molecule is CN(C)c1ccc(CN2CCC[C@H](N)C2)cc1. The van der Waals surface area contributed by atoms with Gasteiger partial charge in [-0.3, -0.25) is 4.90 Å². The summed E-state index contributed by atoms with van der Waals surface area (Å²) in [5, 5.41) is 0. The lowest BCUT2D eigenvalue weighted by Gasteiger charge is -2.30. The van der Waals surface area contributed by atoms with Crippen LogP contribution in [0.5, 0.6) is 0 Å². The lowest BCUT2D eigenvalue weighted by molar-refractivity contribution is 0.201. The van der Waals surface area contributed by atoms with E-state index in [1.165, 1.54) is 30.6 Å². The molecule has 1 atom stereocenters. The second kappa shape index (κ2) is 5.52. The molecule has 17 heavy (non-hydrogen) atoms. The molecule has 1 saturated heterocycles. The average molecular weight is 233 g/mol. The lowest BCUT2D eigenvalue weighted by atomic mass is 10.1. The van der Waals surface area contributed by atoms with Crippen LogP contribution in [-0.4, -0.2) is 38.1 Å². The second-order valence-corrected chi connectivity index (χ2v) is 5.20. The van der Waals surface area contributed by atoms with Crippen molar-refractivity contribution in [3.05, 3.63) is 29.8 Å². The summed E-state index contributed by atoms with van der Waals surface area (Å²) in [5.41, 5.74) is 8.63. The molecule has 1 aromatic carbocycles. The Morgan fingerprint density at radius 3 is 2.59 bits per heavy atom. The molecule has 1 aliphatic rings. The number of likely N-dealkylation sites (tertiary alicyclic amines) is 1. The molecule has 1 aromatic rings. The van der Waals surface area contributed by atoms with Crippen LogP contribution in [0.4, 0.5) is 5.69 Å². The summed E-state index contributed by atoms with van der Waals surface area (Å²) >= 11 is 0. The number of hydrogen-bond acceptors (Lipinski definition) is 3. The van der Waals surface area contributed by atoms with E-state index < -0.39 is 0 Å². The number of nitrogens with two attached hydrogens (primary N) is 1. The first-order chi connectivity index (χ1) is 8.15. The molecule has 1 aliphatic heterocycles. The molecule has 3 nitrogen and oxygen atoms in total. The van der Waals surface area contributed by atoms with Gasteiger partial charge in [-0.2, -0.15) is 0 Å².